The molecule has 2 saturated carbocycles. The van der Waals surface area contributed by atoms with Gasteiger partial charge in [0.2, 0.25) is 0 Å². The quantitative estimate of drug-likeness (QED) is 0.174. The molecule has 7 rings (SSSR count). The largest absolute Gasteiger partial charge is 0.447 e. The number of imidazole rings is 1. The number of fused-ring (bicyclic) bond motifs is 1. The molecule has 2 amide bonds. The molecule has 4 aliphatic rings. The van der Waals surface area contributed by atoms with Gasteiger partial charge in [-0.15, -0.1) is 11.3 Å². The summed E-state index contributed by atoms with van der Waals surface area (Å²) in [6.07, 6.45) is 11.5. The van der Waals surface area contributed by atoms with Crippen LogP contribution in [0.3, 0.4) is 0 Å². The molecular formula is C26H30N10O3S. The van der Waals surface area contributed by atoms with Gasteiger partial charge in [-0.3, -0.25) is 9.69 Å². The molecule has 4 fully saturated rings. The molecule has 2 aliphatic carbocycles. The molecule has 0 bridgehead atoms. The molecule has 14 heteroatoms. The van der Waals surface area contributed by atoms with Crippen molar-refractivity contribution in [3.05, 3.63) is 46.6 Å². The zero-order chi connectivity index (χ0) is 27.2. The van der Waals surface area contributed by atoms with Crippen LogP contribution in [0.25, 0.3) is 5.69 Å². The number of aromatic nitrogens is 4. The maximum atomic E-state index is 13.3. The van der Waals surface area contributed by atoms with Crippen molar-refractivity contribution in [1.29, 1.82) is 0 Å². The fourth-order valence-electron chi connectivity index (χ4n) is 5.31. The second-order valence-electron chi connectivity index (χ2n) is 10.7. The van der Waals surface area contributed by atoms with Gasteiger partial charge in [0.15, 0.2) is 0 Å². The number of pyridine rings is 1. The number of ether oxygens (including phenoxy) is 1. The van der Waals surface area contributed by atoms with E-state index in [4.69, 9.17) is 10.6 Å². The third kappa shape index (κ3) is 4.94. The highest BCUT2D eigenvalue weighted by Crippen LogP contribution is 2.39. The van der Waals surface area contributed by atoms with E-state index < -0.39 is 0 Å². The van der Waals surface area contributed by atoms with Crippen LogP contribution >= 0.6 is 11.3 Å². The second kappa shape index (κ2) is 10.1. The number of hydrazone groups is 1. The Hall–Kier alpha value is -4.20. The fraction of sp³-hybridized carbons (Fsp3) is 0.462. The van der Waals surface area contributed by atoms with Gasteiger partial charge in [-0.1, -0.05) is 0 Å². The Morgan fingerprint density at radius 3 is 2.92 bits per heavy atom. The molecule has 5 heterocycles. The molecule has 1 unspecified atom stereocenters. The van der Waals surface area contributed by atoms with Gasteiger partial charge in [-0.2, -0.15) is 5.10 Å². The van der Waals surface area contributed by atoms with Gasteiger partial charge in [0.25, 0.3) is 5.91 Å². The molecule has 0 spiro atoms. The highest BCUT2D eigenvalue weighted by atomic mass is 32.1. The standard InChI is InChI=1S/C26H30N10O3S/c27-30-15-34(17-3-4-17)11-24-31-23(13-40-24)32-25(37)19-7-21(35-10-20(29-14-35)16-1-2-16)22(8-28-19)33-5-6-36-18(9-33)12-39-26(36)38/h7-8,10,13-18H,1-6,9,11-12,27H2,(H,32,37). The number of cyclic esters (lactones) is 1. The first-order valence-electron chi connectivity index (χ1n) is 13.5. The first-order chi connectivity index (χ1) is 19.6. The lowest BCUT2D eigenvalue weighted by Gasteiger charge is -2.37. The van der Waals surface area contributed by atoms with Gasteiger partial charge < -0.3 is 30.3 Å². The van der Waals surface area contributed by atoms with E-state index in [0.29, 0.717) is 50.6 Å². The number of nitrogens with zero attached hydrogens (tertiary/aromatic N) is 8. The van der Waals surface area contributed by atoms with Gasteiger partial charge >= 0.3 is 6.09 Å². The van der Waals surface area contributed by atoms with Crippen molar-refractivity contribution in [2.75, 3.05) is 36.5 Å². The van der Waals surface area contributed by atoms with Crippen LogP contribution in [-0.4, -0.2) is 86.0 Å². The summed E-state index contributed by atoms with van der Waals surface area (Å²) in [4.78, 5) is 45.1. The van der Waals surface area contributed by atoms with Gasteiger partial charge in [0.05, 0.1) is 42.2 Å². The maximum absolute atomic E-state index is 13.3. The highest BCUT2D eigenvalue weighted by Gasteiger charge is 2.38. The van der Waals surface area contributed by atoms with Crippen LogP contribution in [0, 0.1) is 0 Å². The summed E-state index contributed by atoms with van der Waals surface area (Å²) in [6, 6.07) is 2.24. The molecule has 3 N–H and O–H groups in total. The second-order valence-corrected chi connectivity index (χ2v) is 11.6. The summed E-state index contributed by atoms with van der Waals surface area (Å²) in [5.41, 5.74) is 3.04. The Balaban J connectivity index is 1.12. The number of amides is 2. The number of rotatable bonds is 9. The monoisotopic (exact) mass is 562 g/mol. The Labute approximate surface area is 234 Å². The minimum Gasteiger partial charge on any atom is -0.447 e. The van der Waals surface area contributed by atoms with Crippen LogP contribution in [0.2, 0.25) is 0 Å². The molecule has 208 valence electrons. The zero-order valence-corrected chi connectivity index (χ0v) is 22.7. The molecule has 13 nitrogen and oxygen atoms in total. The van der Waals surface area contributed by atoms with Crippen molar-refractivity contribution in [3.63, 3.8) is 0 Å². The first kappa shape index (κ1) is 24.8. The van der Waals surface area contributed by atoms with Crippen molar-refractivity contribution in [2.24, 2.45) is 10.9 Å². The number of nitrogens with one attached hydrogen (secondary N) is 1. The van der Waals surface area contributed by atoms with Crippen LogP contribution < -0.4 is 16.1 Å². The summed E-state index contributed by atoms with van der Waals surface area (Å²) in [7, 11) is 0. The highest BCUT2D eigenvalue weighted by molar-refractivity contribution is 7.10. The lowest BCUT2D eigenvalue weighted by molar-refractivity contribution is 0.102. The van der Waals surface area contributed by atoms with Crippen molar-refractivity contribution in [2.45, 2.75) is 50.2 Å². The van der Waals surface area contributed by atoms with E-state index in [0.717, 1.165) is 47.8 Å². The topological polar surface area (TPSA) is 147 Å². The molecule has 2 saturated heterocycles. The number of hydrogen-bond acceptors (Lipinski definition) is 10. The Morgan fingerprint density at radius 2 is 2.12 bits per heavy atom. The lowest BCUT2D eigenvalue weighted by atomic mass is 10.1. The normalized spacial score (nSPS) is 20.6. The summed E-state index contributed by atoms with van der Waals surface area (Å²) in [5.74, 6) is 6.01. The van der Waals surface area contributed by atoms with E-state index in [1.54, 1.807) is 29.8 Å². The number of piperazine rings is 1. The van der Waals surface area contributed by atoms with E-state index in [9.17, 15) is 9.59 Å². The van der Waals surface area contributed by atoms with Gasteiger partial charge in [0, 0.05) is 43.2 Å². The summed E-state index contributed by atoms with van der Waals surface area (Å²) >= 11 is 1.48. The number of carbonyl (C=O) groups excluding carboxylic acids is 2. The Bertz CT molecular complexity index is 1460. The van der Waals surface area contributed by atoms with E-state index >= 15 is 0 Å². The Kier molecular flexibility index (Phi) is 6.25. The molecular weight excluding hydrogens is 532 g/mol. The summed E-state index contributed by atoms with van der Waals surface area (Å²) in [5, 5.41) is 9.25. The Morgan fingerprint density at radius 1 is 1.25 bits per heavy atom. The molecule has 1 atom stereocenters. The van der Waals surface area contributed by atoms with Crippen LogP contribution in [0.5, 0.6) is 0 Å². The van der Waals surface area contributed by atoms with Crippen molar-refractivity contribution in [3.8, 4) is 5.69 Å². The van der Waals surface area contributed by atoms with E-state index in [2.05, 4.69) is 35.2 Å². The smallest absolute Gasteiger partial charge is 0.410 e. The number of hydrogen-bond donors (Lipinski definition) is 2. The molecule has 3 aromatic heterocycles. The number of carbonyl (C=O) groups is 2. The molecule has 40 heavy (non-hydrogen) atoms. The van der Waals surface area contributed by atoms with E-state index in [1.807, 2.05) is 16.1 Å². The molecule has 3 aromatic rings. The van der Waals surface area contributed by atoms with Gasteiger partial charge in [0.1, 0.15) is 29.5 Å². The third-order valence-corrected chi connectivity index (χ3v) is 8.60. The van der Waals surface area contributed by atoms with Crippen LogP contribution in [0.15, 0.2) is 35.3 Å². The lowest BCUT2D eigenvalue weighted by Crippen LogP contribution is -2.52. The van der Waals surface area contributed by atoms with Crippen LogP contribution in [0.1, 0.15) is 52.8 Å². The van der Waals surface area contributed by atoms with Crippen molar-refractivity contribution < 1.29 is 14.3 Å². The zero-order valence-electron chi connectivity index (χ0n) is 21.8. The summed E-state index contributed by atoms with van der Waals surface area (Å²) in [6.45, 7) is 2.82. The fourth-order valence-corrected chi connectivity index (χ4v) is 6.05. The minimum atomic E-state index is -0.339. The van der Waals surface area contributed by atoms with Crippen molar-refractivity contribution in [1.82, 2.24) is 29.3 Å². The van der Waals surface area contributed by atoms with E-state index in [-0.39, 0.29) is 23.7 Å². The van der Waals surface area contributed by atoms with Crippen LogP contribution in [-0.2, 0) is 11.3 Å². The predicted molar refractivity (Wildman–Crippen MR) is 149 cm³/mol. The van der Waals surface area contributed by atoms with E-state index in [1.165, 1.54) is 11.3 Å². The number of thiazole rings is 1. The number of nitrogens with two attached hydrogens (primary N) is 1. The number of anilines is 2. The average molecular weight is 563 g/mol. The molecule has 0 aromatic carbocycles. The molecule has 0 radical (unpaired) electrons. The predicted octanol–water partition coefficient (Wildman–Crippen LogP) is 2.36. The first-order valence-corrected chi connectivity index (χ1v) is 14.4. The SMILES string of the molecule is NN=CN(Cc1nc(NC(=O)c2cc(-n3cnc(C4CC4)c3)c(N3CCN4C(=O)OCC4C3)cn2)cs1)C1CC1. The average Bonchev–Trinajstić information content (AvgIpc) is 3.88. The third-order valence-electron chi connectivity index (χ3n) is 7.77. The van der Waals surface area contributed by atoms with Gasteiger partial charge in [-0.05, 0) is 31.7 Å². The van der Waals surface area contributed by atoms with Gasteiger partial charge in [-0.25, -0.2) is 19.7 Å². The summed E-state index contributed by atoms with van der Waals surface area (Å²) < 4.78 is 7.22. The van der Waals surface area contributed by atoms with Crippen molar-refractivity contribution >= 4 is 41.2 Å². The maximum Gasteiger partial charge on any atom is 0.410 e. The molecule has 2 aliphatic heterocycles. The van der Waals surface area contributed by atoms with Crippen LogP contribution in [0.4, 0.5) is 16.3 Å². The minimum absolute atomic E-state index is 0.00675.